The van der Waals surface area contributed by atoms with Gasteiger partial charge in [0.2, 0.25) is 5.91 Å². The van der Waals surface area contributed by atoms with Gasteiger partial charge in [-0.15, -0.1) is 0 Å². The van der Waals surface area contributed by atoms with E-state index in [0.29, 0.717) is 18.6 Å². The number of para-hydroxylation sites is 1. The standard InChI is InChI=1S/C21H20N2O3/c1-25-19-9-5-3-7-17(19)14-26-23-13-12-16-11-10-15-6-2-4-8-18(15)20(16)21(22)24/h2-11,13H,12,14H2,1H3,(H2,22,24). The maximum absolute atomic E-state index is 11.9. The summed E-state index contributed by atoms with van der Waals surface area (Å²) < 4.78 is 5.27. The molecule has 5 nitrogen and oxygen atoms in total. The van der Waals surface area contributed by atoms with Crippen molar-refractivity contribution in [3.05, 3.63) is 77.4 Å². The molecule has 3 aromatic rings. The number of nitrogens with zero attached hydrogens (tertiary/aromatic N) is 1. The Kier molecular flexibility index (Phi) is 5.49. The molecule has 3 rings (SSSR count). The normalized spacial score (nSPS) is 11.0. The van der Waals surface area contributed by atoms with Crippen LogP contribution in [0.2, 0.25) is 0 Å². The molecule has 2 N–H and O–H groups in total. The monoisotopic (exact) mass is 348 g/mol. The summed E-state index contributed by atoms with van der Waals surface area (Å²) in [5.41, 5.74) is 7.85. The molecule has 0 aliphatic rings. The number of nitrogens with two attached hydrogens (primary N) is 1. The molecule has 0 unspecified atom stereocenters. The van der Waals surface area contributed by atoms with Crippen molar-refractivity contribution >= 4 is 22.9 Å². The van der Waals surface area contributed by atoms with E-state index >= 15 is 0 Å². The molecule has 0 bridgehead atoms. The minimum Gasteiger partial charge on any atom is -0.496 e. The second-order valence-corrected chi connectivity index (χ2v) is 5.76. The van der Waals surface area contributed by atoms with Crippen molar-refractivity contribution in [2.45, 2.75) is 13.0 Å². The van der Waals surface area contributed by atoms with Crippen LogP contribution in [0.25, 0.3) is 10.8 Å². The highest BCUT2D eigenvalue weighted by atomic mass is 16.6. The van der Waals surface area contributed by atoms with E-state index in [2.05, 4.69) is 5.16 Å². The van der Waals surface area contributed by atoms with Gasteiger partial charge >= 0.3 is 0 Å². The van der Waals surface area contributed by atoms with E-state index in [9.17, 15) is 4.79 Å². The van der Waals surface area contributed by atoms with E-state index in [1.165, 1.54) is 0 Å². The lowest BCUT2D eigenvalue weighted by Crippen LogP contribution is -2.14. The average Bonchev–Trinajstić information content (AvgIpc) is 2.67. The molecule has 132 valence electrons. The van der Waals surface area contributed by atoms with Gasteiger partial charge in [-0.25, -0.2) is 0 Å². The summed E-state index contributed by atoms with van der Waals surface area (Å²) >= 11 is 0. The lowest BCUT2D eigenvalue weighted by Gasteiger charge is -2.09. The number of ether oxygens (including phenoxy) is 1. The molecule has 0 saturated carbocycles. The van der Waals surface area contributed by atoms with Crippen molar-refractivity contribution in [1.29, 1.82) is 0 Å². The largest absolute Gasteiger partial charge is 0.496 e. The third-order valence-corrected chi connectivity index (χ3v) is 4.13. The Bertz CT molecular complexity index is 951. The number of carbonyl (C=O) groups is 1. The summed E-state index contributed by atoms with van der Waals surface area (Å²) in [7, 11) is 1.62. The lowest BCUT2D eigenvalue weighted by atomic mass is 9.97. The van der Waals surface area contributed by atoms with Crippen LogP contribution in [0, 0.1) is 0 Å². The summed E-state index contributed by atoms with van der Waals surface area (Å²) in [4.78, 5) is 17.3. The fraction of sp³-hybridized carbons (Fsp3) is 0.143. The van der Waals surface area contributed by atoms with Gasteiger partial charge < -0.3 is 15.3 Å². The van der Waals surface area contributed by atoms with Crippen LogP contribution >= 0.6 is 0 Å². The first-order chi connectivity index (χ1) is 12.7. The summed E-state index contributed by atoms with van der Waals surface area (Å²) in [6, 6.07) is 19.2. The van der Waals surface area contributed by atoms with Crippen molar-refractivity contribution in [2.75, 3.05) is 7.11 Å². The topological polar surface area (TPSA) is 73.9 Å². The molecule has 1 amide bonds. The molecule has 0 spiro atoms. The Morgan fingerprint density at radius 2 is 1.81 bits per heavy atom. The minimum atomic E-state index is -0.444. The number of benzene rings is 3. The number of hydrogen-bond donors (Lipinski definition) is 1. The van der Waals surface area contributed by atoms with Crippen molar-refractivity contribution in [1.82, 2.24) is 0 Å². The fourth-order valence-corrected chi connectivity index (χ4v) is 2.90. The van der Waals surface area contributed by atoms with Crippen molar-refractivity contribution in [3.8, 4) is 5.75 Å². The van der Waals surface area contributed by atoms with E-state index in [0.717, 1.165) is 27.6 Å². The number of hydrogen-bond acceptors (Lipinski definition) is 4. The lowest BCUT2D eigenvalue weighted by molar-refractivity contribution is 0.100. The highest BCUT2D eigenvalue weighted by molar-refractivity contribution is 6.08. The van der Waals surface area contributed by atoms with Crippen LogP contribution in [0.1, 0.15) is 21.5 Å². The van der Waals surface area contributed by atoms with Gasteiger partial charge in [0.15, 0.2) is 0 Å². The number of primary amides is 1. The molecular weight excluding hydrogens is 328 g/mol. The van der Waals surface area contributed by atoms with Gasteiger partial charge in [-0.3, -0.25) is 4.79 Å². The number of fused-ring (bicyclic) bond motifs is 1. The SMILES string of the molecule is COc1ccccc1CON=CCc1ccc2ccccc2c1C(N)=O. The molecule has 0 aromatic heterocycles. The average molecular weight is 348 g/mol. The third kappa shape index (κ3) is 3.83. The van der Waals surface area contributed by atoms with E-state index in [1.807, 2.05) is 60.7 Å². The quantitative estimate of drug-likeness (QED) is 0.523. The Balaban J connectivity index is 1.70. The predicted octanol–water partition coefficient (Wildman–Crippen LogP) is 3.69. The highest BCUT2D eigenvalue weighted by Gasteiger charge is 2.11. The van der Waals surface area contributed by atoms with Crippen molar-refractivity contribution < 1.29 is 14.4 Å². The molecule has 0 atom stereocenters. The number of methoxy groups -OCH3 is 1. The van der Waals surface area contributed by atoms with Crippen LogP contribution in [-0.4, -0.2) is 19.2 Å². The van der Waals surface area contributed by atoms with Crippen LogP contribution in [0.5, 0.6) is 5.75 Å². The smallest absolute Gasteiger partial charge is 0.249 e. The molecule has 26 heavy (non-hydrogen) atoms. The van der Waals surface area contributed by atoms with Gasteiger partial charge in [-0.05, 0) is 22.4 Å². The van der Waals surface area contributed by atoms with Gasteiger partial charge in [-0.2, -0.15) is 0 Å². The van der Waals surface area contributed by atoms with Gasteiger partial charge in [0.05, 0.1) is 12.7 Å². The Hall–Kier alpha value is -3.34. The summed E-state index contributed by atoms with van der Waals surface area (Å²) in [6.07, 6.45) is 2.08. The van der Waals surface area contributed by atoms with Crippen LogP contribution < -0.4 is 10.5 Å². The third-order valence-electron chi connectivity index (χ3n) is 4.13. The van der Waals surface area contributed by atoms with Crippen LogP contribution in [-0.2, 0) is 17.9 Å². The Morgan fingerprint density at radius 1 is 1.04 bits per heavy atom. The molecule has 0 fully saturated rings. The molecule has 3 aromatic carbocycles. The van der Waals surface area contributed by atoms with Crippen molar-refractivity contribution in [2.24, 2.45) is 10.9 Å². The zero-order valence-electron chi connectivity index (χ0n) is 14.5. The van der Waals surface area contributed by atoms with Crippen LogP contribution in [0.15, 0.2) is 65.8 Å². The first kappa shape index (κ1) is 17.5. The van der Waals surface area contributed by atoms with E-state index in [4.69, 9.17) is 15.3 Å². The summed E-state index contributed by atoms with van der Waals surface area (Å²) in [5.74, 6) is 0.313. The molecule has 0 radical (unpaired) electrons. The zero-order valence-corrected chi connectivity index (χ0v) is 14.5. The van der Waals surface area contributed by atoms with Crippen LogP contribution in [0.4, 0.5) is 0 Å². The number of oxime groups is 1. The van der Waals surface area contributed by atoms with Gasteiger partial charge in [0.25, 0.3) is 0 Å². The number of amides is 1. The van der Waals surface area contributed by atoms with Gasteiger partial charge in [-0.1, -0.05) is 59.8 Å². The molecule has 5 heteroatoms. The first-order valence-electron chi connectivity index (χ1n) is 8.27. The van der Waals surface area contributed by atoms with Gasteiger partial charge in [0, 0.05) is 18.2 Å². The first-order valence-corrected chi connectivity index (χ1v) is 8.27. The second-order valence-electron chi connectivity index (χ2n) is 5.76. The maximum Gasteiger partial charge on any atom is 0.249 e. The zero-order chi connectivity index (χ0) is 18.4. The molecule has 0 saturated heterocycles. The Labute approximate surface area is 152 Å². The van der Waals surface area contributed by atoms with Crippen molar-refractivity contribution in [3.63, 3.8) is 0 Å². The van der Waals surface area contributed by atoms with E-state index < -0.39 is 5.91 Å². The molecule has 0 aliphatic carbocycles. The molecule has 0 heterocycles. The minimum absolute atomic E-state index is 0.306. The number of rotatable bonds is 7. The van der Waals surface area contributed by atoms with E-state index in [1.54, 1.807) is 13.3 Å². The highest BCUT2D eigenvalue weighted by Crippen LogP contribution is 2.22. The maximum atomic E-state index is 11.9. The second kappa shape index (κ2) is 8.16. The van der Waals surface area contributed by atoms with Crippen LogP contribution in [0.3, 0.4) is 0 Å². The molecule has 0 aliphatic heterocycles. The summed E-state index contributed by atoms with van der Waals surface area (Å²) in [5, 5.41) is 5.81. The Morgan fingerprint density at radius 3 is 2.62 bits per heavy atom. The predicted molar refractivity (Wildman–Crippen MR) is 102 cm³/mol. The van der Waals surface area contributed by atoms with E-state index in [-0.39, 0.29) is 0 Å². The van der Waals surface area contributed by atoms with Gasteiger partial charge in [0.1, 0.15) is 12.4 Å². The fourth-order valence-electron chi connectivity index (χ4n) is 2.90. The summed E-state index contributed by atoms with van der Waals surface area (Å²) in [6.45, 7) is 0.306. The number of carbonyl (C=O) groups excluding carboxylic acids is 1. The molecular formula is C21H20N2O3.